The molecule has 0 aromatic rings. The van der Waals surface area contributed by atoms with Gasteiger partial charge in [-0.2, -0.15) is 0 Å². The van der Waals surface area contributed by atoms with Crippen molar-refractivity contribution in [2.75, 3.05) is 13.2 Å². The summed E-state index contributed by atoms with van der Waals surface area (Å²) in [6.45, 7) is 6.46. The second-order valence-electron chi connectivity index (χ2n) is 7.25. The maximum Gasteiger partial charge on any atom is 0.362 e. The molecule has 0 heterocycles. The third-order valence-corrected chi connectivity index (χ3v) is 8.95. The van der Waals surface area contributed by atoms with E-state index in [0.29, 0.717) is 13.2 Å². The van der Waals surface area contributed by atoms with Crippen LogP contribution in [0.1, 0.15) is 65.7 Å². The molecule has 0 radical (unpaired) electrons. The van der Waals surface area contributed by atoms with Gasteiger partial charge in [0, 0.05) is 11.8 Å². The van der Waals surface area contributed by atoms with Gasteiger partial charge in [-0.05, 0) is 58.3 Å². The van der Waals surface area contributed by atoms with Gasteiger partial charge in [-0.25, -0.2) is 0 Å². The molecular formula is C18H31O4P. The molecule has 3 aliphatic carbocycles. The Labute approximate surface area is 140 Å². The largest absolute Gasteiger partial charge is 0.377 e. The molecule has 1 saturated carbocycles. The number of rotatable bonds is 5. The molecule has 1 fully saturated rings. The van der Waals surface area contributed by atoms with E-state index in [0.717, 1.165) is 32.1 Å². The minimum atomic E-state index is -3.56. The normalized spacial score (nSPS) is 37.7. The quantitative estimate of drug-likeness (QED) is 0.571. The third kappa shape index (κ3) is 2.57. The van der Waals surface area contributed by atoms with Crippen molar-refractivity contribution in [3.8, 4) is 0 Å². The Morgan fingerprint density at radius 3 is 2.30 bits per heavy atom. The Balaban J connectivity index is 2.11. The fourth-order valence-corrected chi connectivity index (χ4v) is 7.96. The molecule has 4 atom stereocenters. The van der Waals surface area contributed by atoms with Crippen molar-refractivity contribution in [1.82, 2.24) is 0 Å². The number of hydrogen-bond acceptors (Lipinski definition) is 4. The van der Waals surface area contributed by atoms with Crippen LogP contribution in [0, 0.1) is 17.8 Å². The molecule has 0 aromatic heterocycles. The smallest absolute Gasteiger partial charge is 0.362 e. The zero-order valence-electron chi connectivity index (χ0n) is 14.7. The molecule has 2 bridgehead atoms. The summed E-state index contributed by atoms with van der Waals surface area (Å²) in [5.41, 5.74) is 2.91. The first-order valence-electron chi connectivity index (χ1n) is 9.33. The maximum absolute atomic E-state index is 13.6. The van der Waals surface area contributed by atoms with Crippen molar-refractivity contribution in [2.24, 2.45) is 17.8 Å². The SMILES string of the molecule is CCOP(=O)(OCC)[C@@]1(O)[C@@H]2CCC[C@@H]1[C@@H](C)C1=C2CCCC1. The second kappa shape index (κ2) is 6.63. The highest BCUT2D eigenvalue weighted by molar-refractivity contribution is 7.55. The van der Waals surface area contributed by atoms with Gasteiger partial charge in [0.25, 0.3) is 0 Å². The van der Waals surface area contributed by atoms with Crippen molar-refractivity contribution in [1.29, 1.82) is 0 Å². The van der Waals surface area contributed by atoms with Crippen LogP contribution in [0.3, 0.4) is 0 Å². The van der Waals surface area contributed by atoms with E-state index >= 15 is 0 Å². The minimum Gasteiger partial charge on any atom is -0.377 e. The highest BCUT2D eigenvalue weighted by Crippen LogP contribution is 2.72. The highest BCUT2D eigenvalue weighted by atomic mass is 31.2. The molecule has 4 nitrogen and oxygen atoms in total. The molecule has 0 aromatic carbocycles. The lowest BCUT2D eigenvalue weighted by Gasteiger charge is -2.55. The van der Waals surface area contributed by atoms with Gasteiger partial charge in [0.15, 0.2) is 5.34 Å². The molecule has 132 valence electrons. The van der Waals surface area contributed by atoms with Gasteiger partial charge >= 0.3 is 7.60 Å². The predicted molar refractivity (Wildman–Crippen MR) is 91.3 cm³/mol. The van der Waals surface area contributed by atoms with Crippen LogP contribution in [-0.4, -0.2) is 23.7 Å². The number of hydrogen-bond donors (Lipinski definition) is 1. The summed E-state index contributed by atoms with van der Waals surface area (Å²) in [7, 11) is -3.56. The average molecular weight is 342 g/mol. The van der Waals surface area contributed by atoms with E-state index in [4.69, 9.17) is 9.05 Å². The average Bonchev–Trinajstić information content (AvgIpc) is 2.53. The molecule has 3 aliphatic rings. The summed E-state index contributed by atoms with van der Waals surface area (Å²) in [5.74, 6) is 0.222. The Morgan fingerprint density at radius 2 is 1.70 bits per heavy atom. The first kappa shape index (κ1) is 17.7. The summed E-state index contributed by atoms with van der Waals surface area (Å²) in [6.07, 6.45) is 7.52. The number of aliphatic hydroxyl groups is 1. The zero-order chi connectivity index (χ0) is 16.7. The van der Waals surface area contributed by atoms with Crippen LogP contribution in [0.15, 0.2) is 11.1 Å². The minimum absolute atomic E-state index is 0.0120. The molecule has 0 saturated heterocycles. The van der Waals surface area contributed by atoms with Crippen LogP contribution in [0.4, 0.5) is 0 Å². The third-order valence-electron chi connectivity index (χ3n) is 6.23. The van der Waals surface area contributed by atoms with Crippen LogP contribution in [-0.2, 0) is 13.6 Å². The molecule has 0 amide bonds. The topological polar surface area (TPSA) is 55.8 Å². The van der Waals surface area contributed by atoms with E-state index in [2.05, 4.69) is 6.92 Å². The summed E-state index contributed by atoms with van der Waals surface area (Å²) in [5, 5.41) is 10.5. The van der Waals surface area contributed by atoms with E-state index in [1.54, 1.807) is 0 Å². The lowest BCUT2D eigenvalue weighted by molar-refractivity contribution is -0.0651. The van der Waals surface area contributed by atoms with E-state index < -0.39 is 12.9 Å². The predicted octanol–water partition coefficient (Wildman–Crippen LogP) is 4.88. The fraction of sp³-hybridized carbons (Fsp3) is 0.889. The molecule has 1 N–H and O–H groups in total. The van der Waals surface area contributed by atoms with Crippen molar-refractivity contribution >= 4 is 7.60 Å². The van der Waals surface area contributed by atoms with Crippen LogP contribution in [0.25, 0.3) is 0 Å². The highest BCUT2D eigenvalue weighted by Gasteiger charge is 2.65. The number of fused-ring (bicyclic) bond motifs is 3. The lowest BCUT2D eigenvalue weighted by Crippen LogP contribution is -2.55. The summed E-state index contributed by atoms with van der Waals surface area (Å²) < 4.78 is 24.9. The lowest BCUT2D eigenvalue weighted by atomic mass is 9.59. The first-order chi connectivity index (χ1) is 11.0. The van der Waals surface area contributed by atoms with E-state index in [1.807, 2.05) is 13.8 Å². The fourth-order valence-electron chi connectivity index (χ4n) is 5.36. The molecule has 0 spiro atoms. The molecule has 5 heteroatoms. The zero-order valence-corrected chi connectivity index (χ0v) is 15.6. The van der Waals surface area contributed by atoms with E-state index in [1.165, 1.54) is 24.0 Å². The van der Waals surface area contributed by atoms with Crippen LogP contribution < -0.4 is 0 Å². The van der Waals surface area contributed by atoms with Crippen molar-refractivity contribution in [2.45, 2.75) is 71.1 Å². The summed E-state index contributed by atoms with van der Waals surface area (Å²) in [4.78, 5) is 0. The van der Waals surface area contributed by atoms with Gasteiger partial charge in [0.2, 0.25) is 0 Å². The Morgan fingerprint density at radius 1 is 1.09 bits per heavy atom. The van der Waals surface area contributed by atoms with Crippen LogP contribution >= 0.6 is 7.60 Å². The molecule has 23 heavy (non-hydrogen) atoms. The van der Waals surface area contributed by atoms with Gasteiger partial charge in [-0.1, -0.05) is 24.5 Å². The molecule has 3 rings (SSSR count). The molecular weight excluding hydrogens is 311 g/mol. The first-order valence-corrected chi connectivity index (χ1v) is 10.9. The van der Waals surface area contributed by atoms with Crippen molar-refractivity contribution < 1.29 is 18.7 Å². The summed E-state index contributed by atoms with van der Waals surface area (Å²) in [6, 6.07) is 0. The van der Waals surface area contributed by atoms with Gasteiger partial charge < -0.3 is 14.2 Å². The molecule has 0 unspecified atom stereocenters. The standard InChI is InChI=1S/C18H31O4P/c1-4-21-23(20,22-5-2)18(19)16-11-8-12-17(18)15-10-7-6-9-14(15)13(16)3/h13,16-17,19H,4-12H2,1-3H3/t13-,16+,17+,18+/m0/s1. The number of allylic oxidation sites excluding steroid dienone is 1. The maximum atomic E-state index is 13.6. The monoisotopic (exact) mass is 342 g/mol. The Kier molecular flexibility index (Phi) is 5.09. The van der Waals surface area contributed by atoms with Crippen LogP contribution in [0.5, 0.6) is 0 Å². The second-order valence-corrected chi connectivity index (χ2v) is 9.48. The van der Waals surface area contributed by atoms with E-state index in [-0.39, 0.29) is 17.8 Å². The van der Waals surface area contributed by atoms with Crippen molar-refractivity contribution in [3.05, 3.63) is 11.1 Å². The Hall–Kier alpha value is -0.150. The summed E-state index contributed by atoms with van der Waals surface area (Å²) >= 11 is 0. The van der Waals surface area contributed by atoms with Gasteiger partial charge in [-0.3, -0.25) is 4.57 Å². The van der Waals surface area contributed by atoms with Gasteiger partial charge in [0.1, 0.15) is 0 Å². The van der Waals surface area contributed by atoms with E-state index in [9.17, 15) is 9.67 Å². The van der Waals surface area contributed by atoms with Crippen LogP contribution in [0.2, 0.25) is 0 Å². The van der Waals surface area contributed by atoms with Gasteiger partial charge in [-0.15, -0.1) is 0 Å². The Bertz CT molecular complexity index is 519. The van der Waals surface area contributed by atoms with Crippen molar-refractivity contribution in [3.63, 3.8) is 0 Å². The van der Waals surface area contributed by atoms with Gasteiger partial charge in [0.05, 0.1) is 13.2 Å². The molecule has 0 aliphatic heterocycles.